The van der Waals surface area contributed by atoms with Gasteiger partial charge in [-0.1, -0.05) is 41.9 Å². The third-order valence-electron chi connectivity index (χ3n) is 4.31. The Morgan fingerprint density at radius 3 is 2.36 bits per heavy atom. The lowest BCUT2D eigenvalue weighted by Crippen LogP contribution is -2.34. The second-order valence-corrected chi connectivity index (χ2v) is 8.32. The Labute approximate surface area is 171 Å². The number of nitrogens with one attached hydrogen (secondary N) is 1. The highest BCUT2D eigenvalue weighted by Gasteiger charge is 2.20. The number of halogens is 1. The van der Waals surface area contributed by atoms with Gasteiger partial charge >= 0.3 is 0 Å². The van der Waals surface area contributed by atoms with Crippen molar-refractivity contribution in [2.24, 2.45) is 0 Å². The fourth-order valence-corrected chi connectivity index (χ4v) is 4.24. The predicted molar refractivity (Wildman–Crippen MR) is 110 cm³/mol. The first-order chi connectivity index (χ1) is 13.3. The molecule has 8 heteroatoms. The van der Waals surface area contributed by atoms with E-state index in [1.165, 1.54) is 18.2 Å². The zero-order valence-electron chi connectivity index (χ0n) is 16.2. The number of carbonyl (C=O) groups excluding carboxylic acids is 1. The zero-order chi connectivity index (χ0) is 20.7. The van der Waals surface area contributed by atoms with E-state index in [4.69, 9.17) is 16.3 Å². The van der Waals surface area contributed by atoms with E-state index in [2.05, 4.69) is 4.72 Å². The summed E-state index contributed by atoms with van der Waals surface area (Å²) in [6, 6.07) is 13.1. The molecule has 1 unspecified atom stereocenters. The molecule has 28 heavy (non-hydrogen) atoms. The van der Waals surface area contributed by atoms with Crippen LogP contribution in [0.4, 0.5) is 0 Å². The van der Waals surface area contributed by atoms with Gasteiger partial charge in [0.15, 0.2) is 6.61 Å². The van der Waals surface area contributed by atoms with Crippen molar-refractivity contribution in [3.8, 4) is 5.75 Å². The molecule has 0 saturated carbocycles. The Morgan fingerprint density at radius 2 is 1.79 bits per heavy atom. The van der Waals surface area contributed by atoms with Gasteiger partial charge in [0.1, 0.15) is 5.75 Å². The van der Waals surface area contributed by atoms with Crippen LogP contribution in [-0.4, -0.2) is 38.9 Å². The minimum Gasteiger partial charge on any atom is -0.482 e. The zero-order valence-corrected chi connectivity index (χ0v) is 17.8. The number of amides is 1. The molecule has 0 spiro atoms. The number of nitrogens with zero attached hydrogens (tertiary/aromatic N) is 1. The molecular weight excluding hydrogens is 400 g/mol. The van der Waals surface area contributed by atoms with Gasteiger partial charge in [-0.3, -0.25) is 4.79 Å². The number of rotatable bonds is 9. The largest absolute Gasteiger partial charge is 0.482 e. The Morgan fingerprint density at radius 1 is 1.14 bits per heavy atom. The summed E-state index contributed by atoms with van der Waals surface area (Å²) in [4.78, 5) is 13.7. The standard InChI is InChI=1S/C20H25ClN2O4S/c1-4-23(5-2)20(24)14-27-19-12-11-17(13-18(19)21)28(25,26)22-15(3)16-9-7-6-8-10-16/h6-13,15,22H,4-5,14H2,1-3H3. The smallest absolute Gasteiger partial charge is 0.260 e. The average Bonchev–Trinajstić information content (AvgIpc) is 2.68. The predicted octanol–water partition coefficient (Wildman–Crippen LogP) is 3.63. The van der Waals surface area contributed by atoms with Crippen LogP contribution in [-0.2, 0) is 14.8 Å². The van der Waals surface area contributed by atoms with Crippen LogP contribution in [0.2, 0.25) is 5.02 Å². The lowest BCUT2D eigenvalue weighted by atomic mass is 10.1. The number of sulfonamides is 1. The molecule has 0 aliphatic heterocycles. The number of hydrogen-bond acceptors (Lipinski definition) is 4. The fraction of sp³-hybridized carbons (Fsp3) is 0.350. The van der Waals surface area contributed by atoms with E-state index in [0.717, 1.165) is 5.56 Å². The van der Waals surface area contributed by atoms with Crippen molar-refractivity contribution in [2.75, 3.05) is 19.7 Å². The Hall–Kier alpha value is -2.09. The molecule has 6 nitrogen and oxygen atoms in total. The van der Waals surface area contributed by atoms with Crippen LogP contribution in [0.1, 0.15) is 32.4 Å². The van der Waals surface area contributed by atoms with Crippen molar-refractivity contribution in [3.63, 3.8) is 0 Å². The number of carbonyl (C=O) groups is 1. The SMILES string of the molecule is CCN(CC)C(=O)COc1ccc(S(=O)(=O)NC(C)c2ccccc2)cc1Cl. The molecule has 2 aromatic rings. The van der Waals surface area contributed by atoms with Gasteiger partial charge in [-0.2, -0.15) is 0 Å². The van der Waals surface area contributed by atoms with Crippen molar-refractivity contribution in [2.45, 2.75) is 31.7 Å². The van der Waals surface area contributed by atoms with Crippen LogP contribution in [0.15, 0.2) is 53.4 Å². The first kappa shape index (κ1) is 22.2. The highest BCUT2D eigenvalue weighted by molar-refractivity contribution is 7.89. The van der Waals surface area contributed by atoms with Crippen molar-refractivity contribution in [3.05, 3.63) is 59.1 Å². The van der Waals surface area contributed by atoms with Crippen LogP contribution < -0.4 is 9.46 Å². The third-order valence-corrected chi connectivity index (χ3v) is 6.15. The minimum atomic E-state index is -3.76. The molecule has 1 amide bonds. The summed E-state index contributed by atoms with van der Waals surface area (Å²) in [6.07, 6.45) is 0. The molecule has 0 aromatic heterocycles. The monoisotopic (exact) mass is 424 g/mol. The molecule has 0 heterocycles. The van der Waals surface area contributed by atoms with E-state index >= 15 is 0 Å². The van der Waals surface area contributed by atoms with Gasteiger partial charge in [-0.25, -0.2) is 13.1 Å². The van der Waals surface area contributed by atoms with Crippen LogP contribution in [0, 0.1) is 0 Å². The van der Waals surface area contributed by atoms with Crippen LogP contribution in [0.5, 0.6) is 5.75 Å². The topological polar surface area (TPSA) is 75.7 Å². The fourth-order valence-electron chi connectivity index (χ4n) is 2.68. The van der Waals surface area contributed by atoms with Crippen LogP contribution in [0.3, 0.4) is 0 Å². The lowest BCUT2D eigenvalue weighted by molar-refractivity contribution is -0.132. The highest BCUT2D eigenvalue weighted by Crippen LogP contribution is 2.28. The number of ether oxygens (including phenoxy) is 1. The third kappa shape index (κ3) is 5.70. The van der Waals surface area contributed by atoms with E-state index in [1.807, 2.05) is 44.2 Å². The minimum absolute atomic E-state index is 0.0303. The van der Waals surface area contributed by atoms with Crippen molar-refractivity contribution >= 4 is 27.5 Å². The maximum Gasteiger partial charge on any atom is 0.260 e. The van der Waals surface area contributed by atoms with Gasteiger partial charge in [-0.15, -0.1) is 0 Å². The summed E-state index contributed by atoms with van der Waals surface area (Å²) in [5.41, 5.74) is 0.854. The number of likely N-dealkylation sites (N-methyl/N-ethyl adjacent to an activating group) is 1. The summed E-state index contributed by atoms with van der Waals surface area (Å²) in [5, 5.41) is 0.127. The van der Waals surface area contributed by atoms with Crippen LogP contribution in [0.25, 0.3) is 0 Å². The number of benzene rings is 2. The molecule has 0 saturated heterocycles. The second kappa shape index (κ2) is 9.91. The summed E-state index contributed by atoms with van der Waals surface area (Å²) in [7, 11) is -3.76. The molecule has 1 N–H and O–H groups in total. The molecule has 0 radical (unpaired) electrons. The number of hydrogen-bond donors (Lipinski definition) is 1. The maximum atomic E-state index is 12.6. The van der Waals surface area contributed by atoms with Gasteiger partial charge in [0, 0.05) is 19.1 Å². The quantitative estimate of drug-likeness (QED) is 0.667. The molecule has 0 aliphatic rings. The summed E-state index contributed by atoms with van der Waals surface area (Å²) < 4.78 is 33.4. The molecule has 0 aliphatic carbocycles. The van der Waals surface area contributed by atoms with E-state index in [-0.39, 0.29) is 28.2 Å². The van der Waals surface area contributed by atoms with Crippen LogP contribution >= 0.6 is 11.6 Å². The summed E-state index contributed by atoms with van der Waals surface area (Å²) >= 11 is 6.18. The first-order valence-electron chi connectivity index (χ1n) is 9.05. The van der Waals surface area contributed by atoms with Gasteiger partial charge in [0.2, 0.25) is 10.0 Å². The summed E-state index contributed by atoms with van der Waals surface area (Å²) in [5.74, 6) is 0.105. The normalized spacial score (nSPS) is 12.4. The Kier molecular flexibility index (Phi) is 7.86. The van der Waals surface area contributed by atoms with E-state index in [0.29, 0.717) is 13.1 Å². The molecule has 152 valence electrons. The molecular formula is C20H25ClN2O4S. The van der Waals surface area contributed by atoms with Gasteiger partial charge in [-0.05, 0) is 44.5 Å². The molecule has 2 rings (SSSR count). The van der Waals surface area contributed by atoms with Gasteiger partial charge in [0.05, 0.1) is 9.92 Å². The van der Waals surface area contributed by atoms with Crippen molar-refractivity contribution < 1.29 is 17.9 Å². The van der Waals surface area contributed by atoms with E-state index in [9.17, 15) is 13.2 Å². The van der Waals surface area contributed by atoms with Gasteiger partial charge in [0.25, 0.3) is 5.91 Å². The Bertz CT molecular complexity index is 900. The van der Waals surface area contributed by atoms with Crippen molar-refractivity contribution in [1.29, 1.82) is 0 Å². The van der Waals surface area contributed by atoms with E-state index in [1.54, 1.807) is 11.8 Å². The van der Waals surface area contributed by atoms with E-state index < -0.39 is 16.1 Å². The van der Waals surface area contributed by atoms with Crippen molar-refractivity contribution in [1.82, 2.24) is 9.62 Å². The first-order valence-corrected chi connectivity index (χ1v) is 10.9. The lowest BCUT2D eigenvalue weighted by Gasteiger charge is -2.19. The molecule has 0 bridgehead atoms. The molecule has 1 atom stereocenters. The molecule has 2 aromatic carbocycles. The Balaban J connectivity index is 2.09. The average molecular weight is 425 g/mol. The maximum absolute atomic E-state index is 12.6. The van der Waals surface area contributed by atoms with Gasteiger partial charge < -0.3 is 9.64 Å². The highest BCUT2D eigenvalue weighted by atomic mass is 35.5. The molecule has 0 fully saturated rings. The second-order valence-electron chi connectivity index (χ2n) is 6.20. The summed E-state index contributed by atoms with van der Waals surface area (Å²) in [6.45, 7) is 6.57.